The number of nitrogens with zero attached hydrogens (tertiary/aromatic N) is 3. The van der Waals surface area contributed by atoms with Crippen molar-refractivity contribution in [3.8, 4) is 0 Å². The molecule has 0 saturated heterocycles. The summed E-state index contributed by atoms with van der Waals surface area (Å²) in [6, 6.07) is 19.4. The Balaban J connectivity index is 0.000000214. The van der Waals surface area contributed by atoms with E-state index in [-0.39, 0.29) is 0 Å². The van der Waals surface area contributed by atoms with Gasteiger partial charge in [-0.25, -0.2) is 0 Å². The maximum absolute atomic E-state index is 7.78. The minimum absolute atomic E-state index is 0.440. The largest absolute Gasteiger partial charge is 0.330 e. The number of aryl methyl sites for hydroxylation is 1. The van der Waals surface area contributed by atoms with E-state index in [9.17, 15) is 0 Å². The molecule has 0 radical (unpaired) electrons. The summed E-state index contributed by atoms with van der Waals surface area (Å²) in [5.74, 6) is 0. The molecule has 0 atom stereocenters. The number of aliphatic imine (C=N–C) groups is 1. The van der Waals surface area contributed by atoms with E-state index in [4.69, 9.17) is 5.41 Å². The lowest BCUT2D eigenvalue weighted by molar-refractivity contribution is 0.315. The minimum Gasteiger partial charge on any atom is -0.330 e. The zero-order valence-corrected chi connectivity index (χ0v) is 22.1. The average molecular weight is 481 g/mol. The van der Waals surface area contributed by atoms with E-state index in [1.807, 2.05) is 32.3 Å². The fourth-order valence-corrected chi connectivity index (χ4v) is 4.53. The van der Waals surface area contributed by atoms with Crippen molar-refractivity contribution >= 4 is 29.0 Å². The molecule has 4 heteroatoms. The Labute approximate surface area is 217 Å². The maximum atomic E-state index is 7.78. The van der Waals surface area contributed by atoms with Gasteiger partial charge in [0.15, 0.2) is 0 Å². The molecule has 1 saturated carbocycles. The van der Waals surface area contributed by atoms with Crippen LogP contribution in [0.25, 0.3) is 16.5 Å². The number of hydrogen-bond acceptors (Lipinski definition) is 3. The summed E-state index contributed by atoms with van der Waals surface area (Å²) in [6.07, 6.45) is 15.4. The van der Waals surface area contributed by atoms with Gasteiger partial charge in [-0.15, -0.1) is 0 Å². The van der Waals surface area contributed by atoms with Gasteiger partial charge in [-0.3, -0.25) is 15.4 Å². The third kappa shape index (κ3) is 8.01. The van der Waals surface area contributed by atoms with Gasteiger partial charge in [0, 0.05) is 42.0 Å². The smallest absolute Gasteiger partial charge is 0.0864 e. The molecule has 0 amide bonds. The molecule has 2 aromatic carbocycles. The summed E-state index contributed by atoms with van der Waals surface area (Å²) >= 11 is 0. The third-order valence-corrected chi connectivity index (χ3v) is 6.57. The molecule has 1 aromatic heterocycles. The molecule has 0 unspecified atom stereocenters. The van der Waals surface area contributed by atoms with Crippen molar-refractivity contribution in [2.24, 2.45) is 4.99 Å². The molecule has 4 rings (SSSR count). The number of rotatable bonds is 8. The van der Waals surface area contributed by atoms with Crippen LogP contribution in [0.15, 0.2) is 84.1 Å². The summed E-state index contributed by atoms with van der Waals surface area (Å²) in [4.78, 5) is 10.7. The highest BCUT2D eigenvalue weighted by atomic mass is 15.2. The van der Waals surface area contributed by atoms with Crippen molar-refractivity contribution in [3.63, 3.8) is 0 Å². The number of allylic oxidation sites excluding steroid dienone is 2. The van der Waals surface area contributed by atoms with Crippen LogP contribution in [0.2, 0.25) is 0 Å². The summed E-state index contributed by atoms with van der Waals surface area (Å²) in [7, 11) is 0. The van der Waals surface area contributed by atoms with Crippen molar-refractivity contribution in [1.82, 2.24) is 9.88 Å². The van der Waals surface area contributed by atoms with Crippen LogP contribution >= 0.6 is 0 Å². The predicted molar refractivity (Wildman–Crippen MR) is 156 cm³/mol. The number of benzene rings is 2. The van der Waals surface area contributed by atoms with Crippen molar-refractivity contribution < 1.29 is 0 Å². The normalized spacial score (nSPS) is 14.4. The van der Waals surface area contributed by atoms with Crippen molar-refractivity contribution in [1.29, 1.82) is 5.41 Å². The van der Waals surface area contributed by atoms with Gasteiger partial charge in [0.1, 0.15) is 0 Å². The van der Waals surface area contributed by atoms with Crippen molar-refractivity contribution in [2.75, 3.05) is 0 Å². The molecule has 3 aromatic rings. The molecular formula is C32H40N4. The molecular weight excluding hydrogens is 440 g/mol. The summed E-state index contributed by atoms with van der Waals surface area (Å²) in [5, 5.41) is 10.2. The third-order valence-electron chi connectivity index (χ3n) is 6.57. The first kappa shape index (κ1) is 27.1. The zero-order valence-electron chi connectivity index (χ0n) is 22.1. The van der Waals surface area contributed by atoms with Crippen molar-refractivity contribution in [3.05, 3.63) is 96.0 Å². The lowest BCUT2D eigenvalue weighted by Crippen LogP contribution is -2.33. The van der Waals surface area contributed by atoms with Gasteiger partial charge in [-0.2, -0.15) is 0 Å². The lowest BCUT2D eigenvalue weighted by Gasteiger charge is -2.34. The van der Waals surface area contributed by atoms with Crippen LogP contribution < -0.4 is 0 Å². The number of aromatic nitrogens is 1. The fraction of sp³-hybridized carbons (Fsp3) is 0.344. The standard InChI is InChI=1S/C19H22N2.C13H18N2/c1-15(21(14-20)19-9-3-2-4-10-19)17-12-11-16-7-5-6-8-18(16)13-17;1-4-5-12(3)14-9-8-13-7-6-11(2)10-15-13/h5-8,11-14,19-20H,1-4,9-10H2;5-7,9-10H,4,8H2,1-3H3/b;12-5-,14-9?. The SMILES string of the molecule is C=C(c1ccc2ccccc2c1)N(C=N)C1CCCCC1.CC/C=C(/C)N=CCc1ccc(C)cn1. The van der Waals surface area contributed by atoms with Crippen LogP contribution in [0.4, 0.5) is 0 Å². The van der Waals surface area contributed by atoms with E-state index in [1.54, 1.807) is 0 Å². The number of fused-ring (bicyclic) bond motifs is 1. The van der Waals surface area contributed by atoms with Crippen LogP contribution in [-0.2, 0) is 6.42 Å². The van der Waals surface area contributed by atoms with Gasteiger partial charge >= 0.3 is 0 Å². The first-order valence-electron chi connectivity index (χ1n) is 13.1. The van der Waals surface area contributed by atoms with E-state index >= 15 is 0 Å². The number of hydrogen-bond donors (Lipinski definition) is 1. The molecule has 1 N–H and O–H groups in total. The Hall–Kier alpha value is -3.53. The fourth-order valence-electron chi connectivity index (χ4n) is 4.53. The van der Waals surface area contributed by atoms with Gasteiger partial charge in [0.05, 0.1) is 6.34 Å². The molecule has 1 aliphatic rings. The maximum Gasteiger partial charge on any atom is 0.0864 e. The quantitative estimate of drug-likeness (QED) is 0.260. The average Bonchev–Trinajstić information content (AvgIpc) is 2.91. The first-order chi connectivity index (χ1) is 17.5. The van der Waals surface area contributed by atoms with Crippen LogP contribution in [-0.4, -0.2) is 28.5 Å². The van der Waals surface area contributed by atoms with Crippen LogP contribution in [0.3, 0.4) is 0 Å². The lowest BCUT2D eigenvalue weighted by atomic mass is 9.93. The molecule has 4 nitrogen and oxygen atoms in total. The molecule has 36 heavy (non-hydrogen) atoms. The van der Waals surface area contributed by atoms with E-state index < -0.39 is 0 Å². The van der Waals surface area contributed by atoms with Crippen LogP contribution in [0, 0.1) is 12.3 Å². The molecule has 1 aliphatic carbocycles. The highest BCUT2D eigenvalue weighted by Crippen LogP contribution is 2.29. The molecule has 0 bridgehead atoms. The Morgan fingerprint density at radius 2 is 1.83 bits per heavy atom. The van der Waals surface area contributed by atoms with Gasteiger partial charge in [0.25, 0.3) is 0 Å². The number of nitrogens with one attached hydrogen (secondary N) is 1. The highest BCUT2D eigenvalue weighted by molar-refractivity contribution is 5.87. The second kappa shape index (κ2) is 14.1. The Bertz CT molecular complexity index is 1180. The van der Waals surface area contributed by atoms with Crippen molar-refractivity contribution in [2.45, 2.75) is 71.8 Å². The highest BCUT2D eigenvalue weighted by Gasteiger charge is 2.21. The second-order valence-corrected chi connectivity index (χ2v) is 9.43. The summed E-state index contributed by atoms with van der Waals surface area (Å²) < 4.78 is 0. The monoisotopic (exact) mass is 480 g/mol. The van der Waals surface area contributed by atoms with Gasteiger partial charge in [-0.05, 0) is 67.1 Å². The first-order valence-corrected chi connectivity index (χ1v) is 13.1. The van der Waals surface area contributed by atoms with Gasteiger partial charge in [-0.1, -0.05) is 81.3 Å². The van der Waals surface area contributed by atoms with Crippen LogP contribution in [0.5, 0.6) is 0 Å². The van der Waals surface area contributed by atoms with E-state index in [0.717, 1.165) is 35.5 Å². The van der Waals surface area contributed by atoms with Gasteiger partial charge < -0.3 is 4.90 Å². The summed E-state index contributed by atoms with van der Waals surface area (Å²) in [5.41, 5.74) is 5.39. The molecule has 1 fully saturated rings. The Morgan fingerprint density at radius 1 is 1.08 bits per heavy atom. The number of pyridine rings is 1. The minimum atomic E-state index is 0.440. The molecule has 0 spiro atoms. The molecule has 188 valence electrons. The summed E-state index contributed by atoms with van der Waals surface area (Å²) in [6.45, 7) is 10.4. The van der Waals surface area contributed by atoms with E-state index in [1.165, 1.54) is 54.8 Å². The predicted octanol–water partition coefficient (Wildman–Crippen LogP) is 8.37. The Kier molecular flexibility index (Phi) is 10.6. The van der Waals surface area contributed by atoms with E-state index in [0.29, 0.717) is 6.04 Å². The topological polar surface area (TPSA) is 52.3 Å². The zero-order chi connectivity index (χ0) is 25.8. The second-order valence-electron chi connectivity index (χ2n) is 9.43. The van der Waals surface area contributed by atoms with E-state index in [2.05, 4.69) is 83.0 Å². The molecule has 1 heterocycles. The van der Waals surface area contributed by atoms with Crippen LogP contribution in [0.1, 0.15) is 69.2 Å². The van der Waals surface area contributed by atoms with Gasteiger partial charge in [0.2, 0.25) is 0 Å². The molecule has 0 aliphatic heterocycles. The Morgan fingerprint density at radius 3 is 2.50 bits per heavy atom.